The molecule has 0 aliphatic carbocycles. The predicted octanol–water partition coefficient (Wildman–Crippen LogP) is 0.843. The van der Waals surface area contributed by atoms with Crippen LogP contribution in [0.2, 0.25) is 0 Å². The Morgan fingerprint density at radius 2 is 1.69 bits per heavy atom. The van der Waals surface area contributed by atoms with Crippen molar-refractivity contribution in [3.8, 4) is 23.1 Å². The molecule has 10 heteroatoms. The number of nitrogens with one attached hydrogen (secondary N) is 1. The van der Waals surface area contributed by atoms with Gasteiger partial charge < -0.3 is 29.2 Å². The Labute approximate surface area is 169 Å². The van der Waals surface area contributed by atoms with E-state index in [9.17, 15) is 9.59 Å². The summed E-state index contributed by atoms with van der Waals surface area (Å²) in [6, 6.07) is 3.49. The molecule has 1 aromatic heterocycles. The van der Waals surface area contributed by atoms with Gasteiger partial charge in [-0.25, -0.2) is 0 Å². The van der Waals surface area contributed by atoms with Crippen molar-refractivity contribution in [2.45, 2.75) is 6.54 Å². The number of benzene rings is 1. The van der Waals surface area contributed by atoms with Crippen molar-refractivity contribution < 1.29 is 28.5 Å². The van der Waals surface area contributed by atoms with Crippen LogP contribution in [0.3, 0.4) is 0 Å². The zero-order valence-electron chi connectivity index (χ0n) is 17.4. The summed E-state index contributed by atoms with van der Waals surface area (Å²) in [6.45, 7) is 0.106. The molecule has 2 rings (SSSR count). The van der Waals surface area contributed by atoms with Crippen LogP contribution in [0.5, 0.6) is 23.1 Å². The second-order valence-corrected chi connectivity index (χ2v) is 6.20. The molecular weight excluding hydrogens is 380 g/mol. The van der Waals surface area contributed by atoms with Crippen LogP contribution < -0.4 is 24.3 Å². The minimum Gasteiger partial charge on any atom is -0.493 e. The number of rotatable bonds is 9. The Morgan fingerprint density at radius 1 is 1.07 bits per heavy atom. The molecule has 0 spiro atoms. The first-order valence-electron chi connectivity index (χ1n) is 8.73. The molecule has 0 unspecified atom stereocenters. The molecule has 0 atom stereocenters. The molecule has 29 heavy (non-hydrogen) atoms. The first-order chi connectivity index (χ1) is 13.8. The average Bonchev–Trinajstić information content (AvgIpc) is 3.11. The van der Waals surface area contributed by atoms with Crippen molar-refractivity contribution in [2.24, 2.45) is 7.05 Å². The van der Waals surface area contributed by atoms with Gasteiger partial charge in [0.05, 0.1) is 35.0 Å². The number of aromatic nitrogens is 2. The summed E-state index contributed by atoms with van der Waals surface area (Å²) < 4.78 is 22.5. The minimum atomic E-state index is -0.363. The summed E-state index contributed by atoms with van der Waals surface area (Å²) in [5.74, 6) is 0.984. The van der Waals surface area contributed by atoms with Crippen molar-refractivity contribution in [2.75, 3.05) is 42.0 Å². The number of aryl methyl sites for hydroxylation is 1. The Bertz CT molecular complexity index is 855. The summed E-state index contributed by atoms with van der Waals surface area (Å²) in [4.78, 5) is 26.2. The van der Waals surface area contributed by atoms with Gasteiger partial charge in [-0.05, 0) is 17.7 Å². The second kappa shape index (κ2) is 9.67. The third-order valence-electron chi connectivity index (χ3n) is 4.16. The number of carbonyl (C=O) groups excluding carboxylic acids is 2. The second-order valence-electron chi connectivity index (χ2n) is 6.20. The summed E-state index contributed by atoms with van der Waals surface area (Å²) in [7, 11) is 9.21. The fourth-order valence-corrected chi connectivity index (χ4v) is 2.75. The highest BCUT2D eigenvalue weighted by Crippen LogP contribution is 2.38. The molecule has 0 radical (unpaired) electrons. The maximum Gasteiger partial charge on any atom is 0.261 e. The zero-order valence-corrected chi connectivity index (χ0v) is 17.4. The molecule has 10 nitrogen and oxygen atoms in total. The average molecular weight is 406 g/mol. The standard InChI is InChI=1S/C19H26N4O6/c1-22(19(25)13-10-23(2)21-18(13)29-6)11-16(24)20-9-12-7-14(26-3)17(28-5)15(8-12)27-4/h7-8,10H,9,11H2,1-6H3,(H,20,24). The molecular formula is C19H26N4O6. The van der Waals surface area contributed by atoms with Crippen LogP contribution >= 0.6 is 0 Å². The van der Waals surface area contributed by atoms with Gasteiger partial charge in [-0.1, -0.05) is 0 Å². The topological polar surface area (TPSA) is 104 Å². The van der Waals surface area contributed by atoms with Crippen LogP contribution in [-0.2, 0) is 18.4 Å². The Hall–Kier alpha value is -3.43. The van der Waals surface area contributed by atoms with Gasteiger partial charge in [0.1, 0.15) is 5.56 Å². The van der Waals surface area contributed by atoms with Crippen molar-refractivity contribution in [1.29, 1.82) is 0 Å². The van der Waals surface area contributed by atoms with E-state index < -0.39 is 0 Å². The lowest BCUT2D eigenvalue weighted by atomic mass is 10.1. The number of hydrogen-bond acceptors (Lipinski definition) is 7. The first-order valence-corrected chi connectivity index (χ1v) is 8.73. The van der Waals surface area contributed by atoms with Crippen molar-refractivity contribution >= 4 is 11.8 Å². The summed E-state index contributed by atoms with van der Waals surface area (Å²) in [5.41, 5.74) is 1.05. The number of hydrogen-bond donors (Lipinski definition) is 1. The Kier molecular flexibility index (Phi) is 7.29. The van der Waals surface area contributed by atoms with Crippen molar-refractivity contribution in [1.82, 2.24) is 20.0 Å². The number of nitrogens with zero attached hydrogens (tertiary/aromatic N) is 3. The maximum absolute atomic E-state index is 12.6. The fourth-order valence-electron chi connectivity index (χ4n) is 2.75. The maximum atomic E-state index is 12.6. The summed E-state index contributed by atoms with van der Waals surface area (Å²) in [5, 5.41) is 6.82. The molecule has 1 N–H and O–H groups in total. The van der Waals surface area contributed by atoms with E-state index in [1.165, 1.54) is 45.1 Å². The van der Waals surface area contributed by atoms with E-state index in [1.54, 1.807) is 25.4 Å². The molecule has 0 bridgehead atoms. The van der Waals surface area contributed by atoms with Crippen LogP contribution in [0.15, 0.2) is 18.3 Å². The van der Waals surface area contributed by atoms with Gasteiger partial charge in [-0.15, -0.1) is 5.10 Å². The molecule has 2 aromatic rings. The Morgan fingerprint density at radius 3 is 2.21 bits per heavy atom. The largest absolute Gasteiger partial charge is 0.493 e. The third kappa shape index (κ3) is 5.09. The lowest BCUT2D eigenvalue weighted by Gasteiger charge is -2.17. The van der Waals surface area contributed by atoms with Gasteiger partial charge in [0, 0.05) is 26.8 Å². The number of amides is 2. The number of methoxy groups -OCH3 is 4. The molecule has 1 aromatic carbocycles. The van der Waals surface area contributed by atoms with E-state index in [4.69, 9.17) is 18.9 Å². The normalized spacial score (nSPS) is 10.3. The third-order valence-corrected chi connectivity index (χ3v) is 4.16. The van der Waals surface area contributed by atoms with E-state index in [-0.39, 0.29) is 36.3 Å². The molecule has 158 valence electrons. The summed E-state index contributed by atoms with van der Waals surface area (Å²) >= 11 is 0. The van der Waals surface area contributed by atoms with E-state index in [0.717, 1.165) is 5.56 Å². The van der Waals surface area contributed by atoms with Crippen LogP contribution in [0.25, 0.3) is 0 Å². The van der Waals surface area contributed by atoms with Crippen LogP contribution in [0, 0.1) is 0 Å². The lowest BCUT2D eigenvalue weighted by Crippen LogP contribution is -2.38. The van der Waals surface area contributed by atoms with Gasteiger partial charge in [-0.3, -0.25) is 14.3 Å². The van der Waals surface area contributed by atoms with E-state index in [2.05, 4.69) is 10.4 Å². The minimum absolute atomic E-state index is 0.124. The molecule has 0 aliphatic rings. The smallest absolute Gasteiger partial charge is 0.261 e. The quantitative estimate of drug-likeness (QED) is 0.658. The SMILES string of the molecule is COc1cc(CNC(=O)CN(C)C(=O)c2cn(C)nc2OC)cc(OC)c1OC. The molecule has 0 saturated heterocycles. The van der Waals surface area contributed by atoms with Gasteiger partial charge in [0.25, 0.3) is 5.91 Å². The highest BCUT2D eigenvalue weighted by atomic mass is 16.5. The highest BCUT2D eigenvalue weighted by Gasteiger charge is 2.22. The van der Waals surface area contributed by atoms with Crippen molar-refractivity contribution in [3.63, 3.8) is 0 Å². The van der Waals surface area contributed by atoms with Gasteiger partial charge in [0.15, 0.2) is 11.5 Å². The molecule has 0 saturated carbocycles. The highest BCUT2D eigenvalue weighted by molar-refractivity contribution is 5.98. The van der Waals surface area contributed by atoms with Gasteiger partial charge in [-0.2, -0.15) is 0 Å². The van der Waals surface area contributed by atoms with Gasteiger partial charge >= 0.3 is 0 Å². The monoisotopic (exact) mass is 406 g/mol. The van der Waals surface area contributed by atoms with Crippen molar-refractivity contribution in [3.05, 3.63) is 29.5 Å². The van der Waals surface area contributed by atoms with Crippen LogP contribution in [0.4, 0.5) is 0 Å². The van der Waals surface area contributed by atoms with Gasteiger partial charge in [0.2, 0.25) is 17.5 Å². The summed E-state index contributed by atoms with van der Waals surface area (Å²) in [6.07, 6.45) is 1.55. The number of likely N-dealkylation sites (N-methyl/N-ethyl adjacent to an activating group) is 1. The number of ether oxygens (including phenoxy) is 4. The van der Waals surface area contributed by atoms with Crippen LogP contribution in [0.1, 0.15) is 15.9 Å². The molecule has 2 amide bonds. The molecule has 0 fully saturated rings. The fraction of sp³-hybridized carbons (Fsp3) is 0.421. The molecule has 1 heterocycles. The van der Waals surface area contributed by atoms with Crippen LogP contribution in [-0.4, -0.2) is 68.5 Å². The Balaban J connectivity index is 2.01. The van der Waals surface area contributed by atoms with E-state index >= 15 is 0 Å². The van der Waals surface area contributed by atoms with E-state index in [1.807, 2.05) is 0 Å². The zero-order chi connectivity index (χ0) is 21.6. The first kappa shape index (κ1) is 21.9. The molecule has 0 aliphatic heterocycles. The lowest BCUT2D eigenvalue weighted by molar-refractivity contribution is -0.121. The predicted molar refractivity (Wildman–Crippen MR) is 105 cm³/mol. The van der Waals surface area contributed by atoms with E-state index in [0.29, 0.717) is 17.2 Å². The number of carbonyl (C=O) groups is 2.